The summed E-state index contributed by atoms with van der Waals surface area (Å²) in [5, 5.41) is 3.64. The Balaban J connectivity index is 1.73. The number of fused-ring (bicyclic) bond motifs is 3. The molecule has 19 heavy (non-hydrogen) atoms. The van der Waals surface area contributed by atoms with Crippen LogP contribution in [0.15, 0.2) is 24.3 Å². The quantitative estimate of drug-likeness (QED) is 0.509. The average Bonchev–Trinajstić information content (AvgIpc) is 2.49. The third-order valence-corrected chi connectivity index (χ3v) is 4.74. The van der Waals surface area contributed by atoms with Gasteiger partial charge in [0.15, 0.2) is 0 Å². The second-order valence-electron chi connectivity index (χ2n) is 6.00. The lowest BCUT2D eigenvalue weighted by Gasteiger charge is -2.47. The molecule has 3 fully saturated rings. The fraction of sp³-hybridized carbons (Fsp3) is 0.471. The second-order valence-corrected chi connectivity index (χ2v) is 6.00. The number of ketones is 1. The minimum absolute atomic E-state index is 0.232. The van der Waals surface area contributed by atoms with E-state index < -0.39 is 0 Å². The average molecular weight is 253 g/mol. The molecule has 0 amide bonds. The van der Waals surface area contributed by atoms with E-state index in [1.54, 1.807) is 0 Å². The van der Waals surface area contributed by atoms with Crippen molar-refractivity contribution in [3.63, 3.8) is 0 Å². The zero-order valence-corrected chi connectivity index (χ0v) is 11.1. The standard InChI is InChI=1S/C17H19NO/c1-2-16(19)14-5-3-13(4-6-14)11-17-9-7-15(8-10-17)18-12-17/h1,3-6,15,18H,7-12H2. The zero-order chi connectivity index (χ0) is 13.3. The van der Waals surface area contributed by atoms with E-state index in [0.717, 1.165) is 19.0 Å². The van der Waals surface area contributed by atoms with Crippen LogP contribution in [0, 0.1) is 17.8 Å². The van der Waals surface area contributed by atoms with Crippen molar-refractivity contribution in [2.24, 2.45) is 5.41 Å². The van der Waals surface area contributed by atoms with Crippen LogP contribution in [0.25, 0.3) is 0 Å². The Morgan fingerprint density at radius 2 is 2.00 bits per heavy atom. The van der Waals surface area contributed by atoms with E-state index in [9.17, 15) is 4.79 Å². The first-order valence-electron chi connectivity index (χ1n) is 7.04. The summed E-state index contributed by atoms with van der Waals surface area (Å²) in [6.07, 6.45) is 11.5. The van der Waals surface area contributed by atoms with Crippen LogP contribution < -0.4 is 5.32 Å². The number of hydrogen-bond acceptors (Lipinski definition) is 2. The fourth-order valence-electron chi connectivity index (χ4n) is 3.50. The van der Waals surface area contributed by atoms with Gasteiger partial charge in [-0.3, -0.25) is 4.79 Å². The summed E-state index contributed by atoms with van der Waals surface area (Å²) in [7, 11) is 0. The summed E-state index contributed by atoms with van der Waals surface area (Å²) in [5.41, 5.74) is 2.37. The number of hydrogen-bond donors (Lipinski definition) is 1. The summed E-state index contributed by atoms with van der Waals surface area (Å²) >= 11 is 0. The highest BCUT2D eigenvalue weighted by Gasteiger charge is 2.39. The molecular weight excluding hydrogens is 234 g/mol. The van der Waals surface area contributed by atoms with Gasteiger partial charge in [-0.2, -0.15) is 0 Å². The monoisotopic (exact) mass is 253 g/mol. The van der Waals surface area contributed by atoms with Gasteiger partial charge in [-0.15, -0.1) is 6.42 Å². The van der Waals surface area contributed by atoms with Crippen LogP contribution in [0.3, 0.4) is 0 Å². The Morgan fingerprint density at radius 3 is 2.53 bits per heavy atom. The number of Topliss-reactive ketones (excluding diaryl/α,β-unsaturated/α-hetero) is 1. The fourth-order valence-corrected chi connectivity index (χ4v) is 3.50. The summed E-state index contributed by atoms with van der Waals surface area (Å²) in [4.78, 5) is 11.4. The van der Waals surface area contributed by atoms with Gasteiger partial charge in [-0.25, -0.2) is 0 Å². The number of nitrogens with one attached hydrogen (secondary N) is 1. The number of carbonyl (C=O) groups excluding carboxylic acids is 1. The number of benzene rings is 1. The molecule has 1 saturated carbocycles. The summed E-state index contributed by atoms with van der Waals surface area (Å²) < 4.78 is 0. The Morgan fingerprint density at radius 1 is 1.32 bits per heavy atom. The highest BCUT2D eigenvalue weighted by atomic mass is 16.1. The van der Waals surface area contributed by atoms with Crippen molar-refractivity contribution in [1.29, 1.82) is 0 Å². The number of carbonyl (C=O) groups is 1. The molecule has 0 spiro atoms. The Kier molecular flexibility index (Phi) is 3.16. The molecule has 1 aliphatic carbocycles. The summed E-state index contributed by atoms with van der Waals surface area (Å²) in [6, 6.07) is 8.59. The van der Waals surface area contributed by atoms with Crippen molar-refractivity contribution in [2.75, 3.05) is 6.54 Å². The number of rotatable bonds is 3. The lowest BCUT2D eigenvalue weighted by Crippen LogP contribution is -2.52. The van der Waals surface area contributed by atoms with Gasteiger partial charge >= 0.3 is 0 Å². The van der Waals surface area contributed by atoms with Crippen LogP contribution in [0.5, 0.6) is 0 Å². The maximum absolute atomic E-state index is 11.4. The highest BCUT2D eigenvalue weighted by Crippen LogP contribution is 2.42. The molecule has 2 heteroatoms. The molecule has 1 aromatic rings. The molecule has 2 bridgehead atoms. The molecule has 2 heterocycles. The first-order chi connectivity index (χ1) is 9.21. The van der Waals surface area contributed by atoms with Gasteiger partial charge in [-0.1, -0.05) is 24.3 Å². The van der Waals surface area contributed by atoms with Crippen molar-refractivity contribution < 1.29 is 4.79 Å². The molecule has 1 aromatic carbocycles. The molecule has 0 unspecified atom stereocenters. The van der Waals surface area contributed by atoms with Crippen LogP contribution in [-0.4, -0.2) is 18.4 Å². The topological polar surface area (TPSA) is 29.1 Å². The molecule has 1 N–H and O–H groups in total. The van der Waals surface area contributed by atoms with Crippen molar-refractivity contribution in [3.05, 3.63) is 35.4 Å². The van der Waals surface area contributed by atoms with Crippen molar-refractivity contribution >= 4 is 5.78 Å². The normalized spacial score (nSPS) is 28.9. The van der Waals surface area contributed by atoms with Crippen molar-refractivity contribution in [1.82, 2.24) is 5.32 Å². The third kappa shape index (κ3) is 2.43. The molecule has 4 rings (SSSR count). The number of piperidine rings is 2. The molecule has 2 saturated heterocycles. The number of terminal acetylenes is 1. The minimum atomic E-state index is -0.232. The lowest BCUT2D eigenvalue weighted by atomic mass is 9.66. The van der Waals surface area contributed by atoms with E-state index in [2.05, 4.69) is 23.4 Å². The highest BCUT2D eigenvalue weighted by molar-refractivity contribution is 6.08. The first kappa shape index (κ1) is 12.4. The van der Waals surface area contributed by atoms with Crippen LogP contribution in [0.2, 0.25) is 0 Å². The van der Waals surface area contributed by atoms with Gasteiger partial charge < -0.3 is 5.32 Å². The molecule has 2 aliphatic heterocycles. The predicted molar refractivity (Wildman–Crippen MR) is 76.0 cm³/mol. The molecule has 0 aromatic heterocycles. The molecule has 98 valence electrons. The van der Waals surface area contributed by atoms with E-state index in [-0.39, 0.29) is 5.78 Å². The predicted octanol–water partition coefficient (Wildman–Crippen LogP) is 2.58. The van der Waals surface area contributed by atoms with E-state index in [4.69, 9.17) is 6.42 Å². The molecule has 0 atom stereocenters. The maximum atomic E-state index is 11.4. The van der Waals surface area contributed by atoms with Gasteiger partial charge in [0.1, 0.15) is 0 Å². The van der Waals surface area contributed by atoms with E-state index in [0.29, 0.717) is 11.0 Å². The Labute approximate surface area is 114 Å². The minimum Gasteiger partial charge on any atom is -0.313 e. The summed E-state index contributed by atoms with van der Waals surface area (Å²) in [5.74, 6) is 1.93. The zero-order valence-electron chi connectivity index (χ0n) is 11.1. The van der Waals surface area contributed by atoms with Gasteiger partial charge in [0.2, 0.25) is 5.78 Å². The van der Waals surface area contributed by atoms with E-state index in [1.165, 1.54) is 31.2 Å². The van der Waals surface area contributed by atoms with Crippen molar-refractivity contribution in [3.8, 4) is 12.3 Å². The molecule has 3 aliphatic rings. The van der Waals surface area contributed by atoms with Gasteiger partial charge in [0.05, 0.1) is 0 Å². The second kappa shape index (κ2) is 4.83. The van der Waals surface area contributed by atoms with Crippen LogP contribution in [-0.2, 0) is 6.42 Å². The van der Waals surface area contributed by atoms with Crippen molar-refractivity contribution in [2.45, 2.75) is 38.1 Å². The van der Waals surface area contributed by atoms with Gasteiger partial charge in [-0.05, 0) is 49.0 Å². The SMILES string of the molecule is C#CC(=O)c1ccc(CC23CCC(CC2)NC3)cc1. The largest absolute Gasteiger partial charge is 0.313 e. The van der Waals surface area contributed by atoms with Crippen LogP contribution >= 0.6 is 0 Å². The molecule has 0 radical (unpaired) electrons. The lowest BCUT2D eigenvalue weighted by molar-refractivity contribution is 0.0962. The Hall–Kier alpha value is -1.59. The van der Waals surface area contributed by atoms with Gasteiger partial charge in [0, 0.05) is 18.2 Å². The first-order valence-corrected chi connectivity index (χ1v) is 7.04. The molecule has 2 nitrogen and oxygen atoms in total. The molecular formula is C17H19NO. The van der Waals surface area contributed by atoms with Gasteiger partial charge in [0.25, 0.3) is 0 Å². The Bertz CT molecular complexity index is 501. The third-order valence-electron chi connectivity index (χ3n) is 4.74. The van der Waals surface area contributed by atoms with Crippen LogP contribution in [0.4, 0.5) is 0 Å². The van der Waals surface area contributed by atoms with Crippen LogP contribution in [0.1, 0.15) is 41.6 Å². The van der Waals surface area contributed by atoms with E-state index in [1.807, 2.05) is 12.1 Å². The summed E-state index contributed by atoms with van der Waals surface area (Å²) in [6.45, 7) is 1.14. The maximum Gasteiger partial charge on any atom is 0.235 e. The van der Waals surface area contributed by atoms with E-state index >= 15 is 0 Å². The smallest absolute Gasteiger partial charge is 0.235 e.